The molecule has 1 saturated heterocycles. The Hall–Kier alpha value is -3.23. The Kier molecular flexibility index (Phi) is 6.83. The first-order chi connectivity index (χ1) is 17.0. The molecule has 8 heteroatoms. The summed E-state index contributed by atoms with van der Waals surface area (Å²) in [6, 6.07) is 19.1. The lowest BCUT2D eigenvalue weighted by Gasteiger charge is -2.32. The van der Waals surface area contributed by atoms with Crippen LogP contribution in [0.25, 0.3) is 16.0 Å². The van der Waals surface area contributed by atoms with Crippen molar-refractivity contribution in [3.8, 4) is 5.69 Å². The highest BCUT2D eigenvalue weighted by Crippen LogP contribution is 2.32. The molecule has 1 aliphatic heterocycles. The molecular formula is C27H32N6OS. The Balaban J connectivity index is 1.17. The van der Waals surface area contributed by atoms with Gasteiger partial charge in [0, 0.05) is 32.7 Å². The first-order valence-electron chi connectivity index (χ1n) is 12.2. The molecule has 0 spiro atoms. The summed E-state index contributed by atoms with van der Waals surface area (Å²) in [5.41, 5.74) is 5.33. The van der Waals surface area contributed by atoms with Crippen LogP contribution >= 0.6 is 11.3 Å². The van der Waals surface area contributed by atoms with Gasteiger partial charge in [-0.15, -0.1) is 0 Å². The monoisotopic (exact) mass is 488 g/mol. The number of thiazole rings is 1. The van der Waals surface area contributed by atoms with E-state index in [1.807, 2.05) is 23.6 Å². The van der Waals surface area contributed by atoms with Gasteiger partial charge in [-0.05, 0) is 44.4 Å². The molecule has 0 unspecified atom stereocenters. The fourth-order valence-electron chi connectivity index (χ4n) is 4.59. The molecule has 1 aliphatic rings. The molecular weight excluding hydrogens is 456 g/mol. The number of fused-ring (bicyclic) bond motifs is 1. The van der Waals surface area contributed by atoms with Crippen molar-refractivity contribution in [3.05, 3.63) is 71.4 Å². The van der Waals surface area contributed by atoms with Crippen LogP contribution in [0.4, 0.5) is 5.13 Å². The second kappa shape index (κ2) is 10.2. The maximum Gasteiger partial charge on any atom is 0.239 e. The Labute approximate surface area is 210 Å². The highest BCUT2D eigenvalue weighted by Gasteiger charge is 2.22. The van der Waals surface area contributed by atoms with E-state index in [0.29, 0.717) is 0 Å². The van der Waals surface area contributed by atoms with Crippen LogP contribution < -0.4 is 10.2 Å². The minimum atomic E-state index is 0.0464. The molecule has 0 bridgehead atoms. The first-order valence-corrected chi connectivity index (χ1v) is 13.0. The number of amides is 1. The maximum absolute atomic E-state index is 12.8. The molecule has 35 heavy (non-hydrogen) atoms. The lowest BCUT2D eigenvalue weighted by Crippen LogP contribution is -2.46. The van der Waals surface area contributed by atoms with Crippen molar-refractivity contribution in [2.75, 3.05) is 31.6 Å². The molecule has 3 heterocycles. The van der Waals surface area contributed by atoms with Crippen molar-refractivity contribution in [2.45, 2.75) is 39.3 Å². The fraction of sp³-hybridized carbons (Fsp3) is 0.370. The number of rotatable bonds is 7. The quantitative estimate of drug-likeness (QED) is 0.420. The van der Waals surface area contributed by atoms with E-state index in [0.717, 1.165) is 59.3 Å². The van der Waals surface area contributed by atoms with Gasteiger partial charge in [-0.2, -0.15) is 10.1 Å². The van der Waals surface area contributed by atoms with E-state index in [9.17, 15) is 4.79 Å². The van der Waals surface area contributed by atoms with Crippen molar-refractivity contribution < 1.29 is 4.79 Å². The number of carbonyl (C=O) groups is 1. The van der Waals surface area contributed by atoms with Gasteiger partial charge in [0.2, 0.25) is 5.91 Å². The summed E-state index contributed by atoms with van der Waals surface area (Å²) >= 11 is 1.58. The van der Waals surface area contributed by atoms with Gasteiger partial charge in [0.25, 0.3) is 0 Å². The van der Waals surface area contributed by atoms with Crippen molar-refractivity contribution in [1.82, 2.24) is 25.0 Å². The Bertz CT molecular complexity index is 1290. The molecule has 182 valence electrons. The van der Waals surface area contributed by atoms with E-state index >= 15 is 0 Å². The lowest BCUT2D eigenvalue weighted by molar-refractivity contribution is -0.120. The van der Waals surface area contributed by atoms with Gasteiger partial charge in [-0.25, -0.2) is 4.68 Å². The number of likely N-dealkylation sites (tertiary alicyclic amines) is 1. The fourth-order valence-corrected chi connectivity index (χ4v) is 5.53. The number of piperidine rings is 1. The van der Waals surface area contributed by atoms with Gasteiger partial charge >= 0.3 is 0 Å². The minimum Gasteiger partial charge on any atom is -0.352 e. The number of nitrogens with one attached hydrogen (secondary N) is 1. The average Bonchev–Trinajstić information content (AvgIpc) is 3.42. The van der Waals surface area contributed by atoms with E-state index in [2.05, 4.69) is 76.8 Å². The van der Waals surface area contributed by atoms with Crippen LogP contribution in [0.2, 0.25) is 0 Å². The molecule has 2 aromatic carbocycles. The predicted molar refractivity (Wildman–Crippen MR) is 142 cm³/mol. The zero-order chi connectivity index (χ0) is 24.4. The normalized spacial score (nSPS) is 14.9. The number of hydrogen-bond donors (Lipinski definition) is 1. The van der Waals surface area contributed by atoms with Crippen molar-refractivity contribution >= 4 is 32.7 Å². The molecule has 4 aromatic rings. The summed E-state index contributed by atoms with van der Waals surface area (Å²) in [6.45, 7) is 7.35. The van der Waals surface area contributed by atoms with Crippen molar-refractivity contribution in [1.29, 1.82) is 0 Å². The van der Waals surface area contributed by atoms with Crippen LogP contribution in [0, 0.1) is 13.8 Å². The van der Waals surface area contributed by atoms with E-state index in [4.69, 9.17) is 4.98 Å². The molecule has 1 N–H and O–H groups in total. The van der Waals surface area contributed by atoms with Crippen LogP contribution in [0.3, 0.4) is 0 Å². The van der Waals surface area contributed by atoms with Crippen LogP contribution in [-0.2, 0) is 11.3 Å². The van der Waals surface area contributed by atoms with Gasteiger partial charge in [0.15, 0.2) is 10.8 Å². The summed E-state index contributed by atoms with van der Waals surface area (Å²) in [6.07, 6.45) is 1.96. The number of hydrogen-bond acceptors (Lipinski definition) is 6. The van der Waals surface area contributed by atoms with Crippen LogP contribution in [-0.4, -0.2) is 58.3 Å². The van der Waals surface area contributed by atoms with Gasteiger partial charge in [-0.1, -0.05) is 59.4 Å². The van der Waals surface area contributed by atoms with Crippen molar-refractivity contribution in [2.24, 2.45) is 0 Å². The van der Waals surface area contributed by atoms with Crippen molar-refractivity contribution in [3.63, 3.8) is 0 Å². The van der Waals surface area contributed by atoms with E-state index in [-0.39, 0.29) is 18.5 Å². The zero-order valence-electron chi connectivity index (χ0n) is 20.6. The molecule has 0 aliphatic carbocycles. The summed E-state index contributed by atoms with van der Waals surface area (Å²) in [7, 11) is 1.93. The predicted octanol–water partition coefficient (Wildman–Crippen LogP) is 4.32. The SMILES string of the molecule is Cc1ccc(-n2nc(C)c3sc(N(C)CC(=O)NC4CCN(Cc5ccccc5)CC4)nc32)cc1. The van der Waals surface area contributed by atoms with Gasteiger partial charge in [0.05, 0.1) is 22.6 Å². The number of likely N-dealkylation sites (N-methyl/N-ethyl adjacent to an activating group) is 1. The number of anilines is 1. The maximum atomic E-state index is 12.8. The number of aromatic nitrogens is 3. The van der Waals surface area contributed by atoms with Crippen LogP contribution in [0.1, 0.15) is 29.7 Å². The zero-order valence-corrected chi connectivity index (χ0v) is 21.4. The third-order valence-corrected chi connectivity index (χ3v) is 7.83. The summed E-state index contributed by atoms with van der Waals surface area (Å²) in [5, 5.41) is 8.75. The number of carbonyl (C=O) groups excluding carboxylic acids is 1. The molecule has 2 aromatic heterocycles. The third kappa shape index (κ3) is 5.39. The number of nitrogens with zero attached hydrogens (tertiary/aromatic N) is 5. The first kappa shape index (κ1) is 23.5. The molecule has 1 fully saturated rings. The Morgan fingerprint density at radius 2 is 1.80 bits per heavy atom. The Morgan fingerprint density at radius 3 is 2.51 bits per heavy atom. The molecule has 0 radical (unpaired) electrons. The van der Waals surface area contributed by atoms with E-state index in [1.54, 1.807) is 11.3 Å². The van der Waals surface area contributed by atoms with E-state index in [1.165, 1.54) is 11.1 Å². The second-order valence-electron chi connectivity index (χ2n) is 9.44. The van der Waals surface area contributed by atoms with Crippen LogP contribution in [0.15, 0.2) is 54.6 Å². The third-order valence-electron chi connectivity index (χ3n) is 6.56. The molecule has 7 nitrogen and oxygen atoms in total. The minimum absolute atomic E-state index is 0.0464. The molecule has 5 rings (SSSR count). The molecule has 0 atom stereocenters. The van der Waals surface area contributed by atoms with Crippen LogP contribution in [0.5, 0.6) is 0 Å². The smallest absolute Gasteiger partial charge is 0.239 e. The highest BCUT2D eigenvalue weighted by atomic mass is 32.1. The largest absolute Gasteiger partial charge is 0.352 e. The topological polar surface area (TPSA) is 66.3 Å². The van der Waals surface area contributed by atoms with Gasteiger partial charge in [-0.3, -0.25) is 9.69 Å². The molecule has 1 amide bonds. The average molecular weight is 489 g/mol. The highest BCUT2D eigenvalue weighted by molar-refractivity contribution is 7.22. The second-order valence-corrected chi connectivity index (χ2v) is 10.4. The summed E-state index contributed by atoms with van der Waals surface area (Å²) in [4.78, 5) is 22.0. The molecule has 0 saturated carbocycles. The Morgan fingerprint density at radius 1 is 1.09 bits per heavy atom. The number of benzene rings is 2. The summed E-state index contributed by atoms with van der Waals surface area (Å²) < 4.78 is 2.94. The lowest BCUT2D eigenvalue weighted by atomic mass is 10.0. The number of aryl methyl sites for hydroxylation is 2. The standard InChI is InChI=1S/C27H32N6OS/c1-19-9-11-23(12-10-19)33-26-25(20(2)30-33)35-27(29-26)31(3)18-24(34)28-22-13-15-32(16-14-22)17-21-7-5-4-6-8-21/h4-12,22H,13-18H2,1-3H3,(H,28,34). The van der Waals surface area contributed by atoms with Gasteiger partial charge < -0.3 is 10.2 Å². The van der Waals surface area contributed by atoms with E-state index < -0.39 is 0 Å². The summed E-state index contributed by atoms with van der Waals surface area (Å²) in [5.74, 6) is 0.0464. The van der Waals surface area contributed by atoms with Gasteiger partial charge in [0.1, 0.15) is 0 Å².